The molecule has 0 aliphatic carbocycles. The third kappa shape index (κ3) is 4.98. The van der Waals surface area contributed by atoms with Crippen molar-refractivity contribution in [3.8, 4) is 11.3 Å². The van der Waals surface area contributed by atoms with Crippen LogP contribution in [0.1, 0.15) is 38.3 Å². The van der Waals surface area contributed by atoms with Crippen LogP contribution < -0.4 is 5.73 Å². The highest BCUT2D eigenvalue weighted by Crippen LogP contribution is 2.39. The Kier molecular flexibility index (Phi) is 6.13. The van der Waals surface area contributed by atoms with Crippen LogP contribution in [-0.2, 0) is 25.3 Å². The highest BCUT2D eigenvalue weighted by Gasteiger charge is 2.37. The van der Waals surface area contributed by atoms with Gasteiger partial charge in [0, 0.05) is 17.9 Å². The number of halogens is 6. The summed E-state index contributed by atoms with van der Waals surface area (Å²) >= 11 is 0. The normalized spacial score (nSPS) is 12.2. The number of nitrogens with two attached hydrogens (primary N) is 1. The number of alkyl halides is 6. The SMILES string of the molecule is Cc1ccc(CCn2c(-c3cc(C(F)(F)F)cc(C(F)(F)F)c3)cc(C(N)=O)c2C)cc1. The predicted molar refractivity (Wildman–Crippen MR) is 108 cm³/mol. The highest BCUT2D eigenvalue weighted by atomic mass is 19.4. The van der Waals surface area contributed by atoms with Crippen molar-refractivity contribution in [1.82, 2.24) is 4.57 Å². The van der Waals surface area contributed by atoms with Crippen LogP contribution in [0.25, 0.3) is 11.3 Å². The molecule has 170 valence electrons. The van der Waals surface area contributed by atoms with Crippen LogP contribution in [0.5, 0.6) is 0 Å². The Bertz CT molecular complexity index is 1110. The number of hydrogen-bond acceptors (Lipinski definition) is 1. The first-order chi connectivity index (χ1) is 14.8. The van der Waals surface area contributed by atoms with E-state index in [1.54, 1.807) is 6.92 Å². The molecule has 3 aromatic rings. The molecule has 3 rings (SSSR count). The van der Waals surface area contributed by atoms with E-state index < -0.39 is 29.4 Å². The van der Waals surface area contributed by atoms with Gasteiger partial charge in [-0.3, -0.25) is 4.79 Å². The second kappa shape index (κ2) is 8.37. The second-order valence-corrected chi connectivity index (χ2v) is 7.57. The van der Waals surface area contributed by atoms with Crippen molar-refractivity contribution in [3.63, 3.8) is 0 Å². The van der Waals surface area contributed by atoms with Crippen molar-refractivity contribution in [2.75, 3.05) is 0 Å². The van der Waals surface area contributed by atoms with Gasteiger partial charge in [-0.2, -0.15) is 26.3 Å². The third-order valence-corrected chi connectivity index (χ3v) is 5.26. The topological polar surface area (TPSA) is 48.0 Å². The van der Waals surface area contributed by atoms with Crippen molar-refractivity contribution in [2.45, 2.75) is 39.2 Å². The number of primary amides is 1. The monoisotopic (exact) mass is 454 g/mol. The summed E-state index contributed by atoms with van der Waals surface area (Å²) in [6.45, 7) is 3.70. The Morgan fingerprint density at radius 1 is 0.875 bits per heavy atom. The molecule has 0 aliphatic heterocycles. The molecule has 32 heavy (non-hydrogen) atoms. The first-order valence-electron chi connectivity index (χ1n) is 9.62. The molecule has 0 saturated carbocycles. The predicted octanol–water partition coefficient (Wildman–Crippen LogP) is 6.15. The van der Waals surface area contributed by atoms with Gasteiger partial charge in [0.15, 0.2) is 0 Å². The molecule has 0 atom stereocenters. The van der Waals surface area contributed by atoms with Gasteiger partial charge in [-0.25, -0.2) is 0 Å². The summed E-state index contributed by atoms with van der Waals surface area (Å²) < 4.78 is 81.4. The summed E-state index contributed by atoms with van der Waals surface area (Å²) in [5.74, 6) is -0.819. The average Bonchev–Trinajstić information content (AvgIpc) is 3.02. The van der Waals surface area contributed by atoms with Gasteiger partial charge < -0.3 is 10.3 Å². The van der Waals surface area contributed by atoms with Crippen LogP contribution >= 0.6 is 0 Å². The minimum absolute atomic E-state index is 0.0369. The molecule has 0 radical (unpaired) electrons. The van der Waals surface area contributed by atoms with E-state index in [-0.39, 0.29) is 29.4 Å². The standard InChI is InChI=1S/C23H20F6N2O/c1-13-3-5-15(6-4-13)7-8-31-14(2)19(21(30)32)12-20(31)16-9-17(22(24,25)26)11-18(10-16)23(27,28)29/h3-6,9-12H,7-8H2,1-2H3,(H2,30,32). The van der Waals surface area contributed by atoms with Crippen molar-refractivity contribution in [3.05, 3.63) is 82.0 Å². The molecule has 0 aliphatic rings. The zero-order chi connectivity index (χ0) is 23.8. The smallest absolute Gasteiger partial charge is 0.366 e. The van der Waals surface area contributed by atoms with Crippen LogP contribution in [0, 0.1) is 13.8 Å². The third-order valence-electron chi connectivity index (χ3n) is 5.26. The first kappa shape index (κ1) is 23.4. The highest BCUT2D eigenvalue weighted by molar-refractivity contribution is 5.95. The molecule has 9 heteroatoms. The summed E-state index contributed by atoms with van der Waals surface area (Å²) in [4.78, 5) is 11.8. The Morgan fingerprint density at radius 3 is 1.88 bits per heavy atom. The molecule has 0 saturated heterocycles. The molecule has 0 spiro atoms. The lowest BCUT2D eigenvalue weighted by Crippen LogP contribution is -2.13. The zero-order valence-corrected chi connectivity index (χ0v) is 17.2. The zero-order valence-electron chi connectivity index (χ0n) is 17.2. The van der Waals surface area contributed by atoms with E-state index in [9.17, 15) is 31.1 Å². The van der Waals surface area contributed by atoms with E-state index in [4.69, 9.17) is 5.73 Å². The number of rotatable bonds is 5. The number of carbonyl (C=O) groups is 1. The van der Waals surface area contributed by atoms with Gasteiger partial charge >= 0.3 is 12.4 Å². The van der Waals surface area contributed by atoms with Crippen LogP contribution in [0.4, 0.5) is 26.3 Å². The van der Waals surface area contributed by atoms with Gasteiger partial charge in [-0.15, -0.1) is 0 Å². The first-order valence-corrected chi connectivity index (χ1v) is 9.62. The molecule has 2 N–H and O–H groups in total. The molecular weight excluding hydrogens is 434 g/mol. The molecular formula is C23H20F6N2O. The fourth-order valence-electron chi connectivity index (χ4n) is 3.52. The second-order valence-electron chi connectivity index (χ2n) is 7.57. The largest absolute Gasteiger partial charge is 0.416 e. The van der Waals surface area contributed by atoms with E-state index in [1.165, 1.54) is 10.6 Å². The summed E-state index contributed by atoms with van der Waals surface area (Å²) in [6, 6.07) is 10.2. The van der Waals surface area contributed by atoms with Crippen LogP contribution in [0.15, 0.2) is 48.5 Å². The van der Waals surface area contributed by atoms with Crippen LogP contribution in [0.3, 0.4) is 0 Å². The maximum Gasteiger partial charge on any atom is 0.416 e. The van der Waals surface area contributed by atoms with Crippen molar-refractivity contribution < 1.29 is 31.1 Å². The number of aromatic nitrogens is 1. The van der Waals surface area contributed by atoms with Crippen molar-refractivity contribution in [1.29, 1.82) is 0 Å². The Hall–Kier alpha value is -3.23. The number of benzene rings is 2. The van der Waals surface area contributed by atoms with E-state index in [0.29, 0.717) is 24.2 Å². The summed E-state index contributed by atoms with van der Waals surface area (Å²) in [7, 11) is 0. The molecule has 0 fully saturated rings. The quantitative estimate of drug-likeness (QED) is 0.462. The average molecular weight is 454 g/mol. The lowest BCUT2D eigenvalue weighted by molar-refractivity contribution is -0.143. The van der Waals surface area contributed by atoms with Crippen molar-refractivity contribution >= 4 is 5.91 Å². The summed E-state index contributed by atoms with van der Waals surface area (Å²) in [6.07, 6.45) is -9.50. The Morgan fingerprint density at radius 2 is 1.41 bits per heavy atom. The fourth-order valence-corrected chi connectivity index (χ4v) is 3.52. The number of nitrogens with zero attached hydrogens (tertiary/aromatic N) is 1. The number of hydrogen-bond donors (Lipinski definition) is 1. The van der Waals surface area contributed by atoms with E-state index in [2.05, 4.69) is 0 Å². The van der Waals surface area contributed by atoms with Gasteiger partial charge in [0.1, 0.15) is 0 Å². The lowest BCUT2D eigenvalue weighted by atomic mass is 10.0. The molecule has 0 bridgehead atoms. The number of carbonyl (C=O) groups excluding carboxylic acids is 1. The van der Waals surface area contributed by atoms with Crippen LogP contribution in [0.2, 0.25) is 0 Å². The van der Waals surface area contributed by atoms with Gasteiger partial charge in [-0.1, -0.05) is 29.8 Å². The number of aryl methyl sites for hydroxylation is 2. The minimum Gasteiger partial charge on any atom is -0.366 e. The minimum atomic E-state index is -4.98. The number of amides is 1. The summed E-state index contributed by atoms with van der Waals surface area (Å²) in [5, 5.41) is 0. The molecule has 0 unspecified atom stereocenters. The maximum absolute atomic E-state index is 13.3. The van der Waals surface area contributed by atoms with Gasteiger partial charge in [0.2, 0.25) is 0 Å². The van der Waals surface area contributed by atoms with E-state index in [0.717, 1.165) is 11.1 Å². The van der Waals surface area contributed by atoms with E-state index in [1.807, 2.05) is 31.2 Å². The molecule has 1 amide bonds. The Labute approximate surface area is 180 Å². The fraction of sp³-hybridized carbons (Fsp3) is 0.261. The van der Waals surface area contributed by atoms with Gasteiger partial charge in [-0.05, 0) is 55.7 Å². The lowest BCUT2D eigenvalue weighted by Gasteiger charge is -2.17. The molecule has 2 aromatic carbocycles. The van der Waals surface area contributed by atoms with Gasteiger partial charge in [0.25, 0.3) is 5.91 Å². The molecule has 3 nitrogen and oxygen atoms in total. The molecule has 1 aromatic heterocycles. The van der Waals surface area contributed by atoms with Gasteiger partial charge in [0.05, 0.1) is 16.7 Å². The molecule has 1 heterocycles. The Balaban J connectivity index is 2.15. The van der Waals surface area contributed by atoms with Crippen molar-refractivity contribution in [2.24, 2.45) is 5.73 Å². The maximum atomic E-state index is 13.3. The van der Waals surface area contributed by atoms with E-state index >= 15 is 0 Å². The summed E-state index contributed by atoms with van der Waals surface area (Å²) in [5.41, 5.74) is 4.67. The van der Waals surface area contributed by atoms with Crippen LogP contribution in [-0.4, -0.2) is 10.5 Å².